The number of nitrogens with two attached hydrogens (primary N) is 1. The van der Waals surface area contributed by atoms with E-state index in [1.165, 1.54) is 5.56 Å². The molecule has 0 bridgehead atoms. The summed E-state index contributed by atoms with van der Waals surface area (Å²) in [6.45, 7) is 3.93. The van der Waals surface area contributed by atoms with Crippen LogP contribution in [0.3, 0.4) is 0 Å². The van der Waals surface area contributed by atoms with Crippen LogP contribution in [-0.2, 0) is 0 Å². The van der Waals surface area contributed by atoms with E-state index in [0.717, 1.165) is 15.9 Å². The Balaban J connectivity index is 2.31. The van der Waals surface area contributed by atoms with E-state index in [4.69, 9.17) is 5.73 Å². The summed E-state index contributed by atoms with van der Waals surface area (Å²) in [4.78, 5) is 8.15. The fourth-order valence-electron chi connectivity index (χ4n) is 1.52. The van der Waals surface area contributed by atoms with E-state index >= 15 is 0 Å². The second-order valence-electron chi connectivity index (χ2n) is 3.86. The number of halogens is 1. The molecule has 0 amide bonds. The van der Waals surface area contributed by atoms with Crippen LogP contribution < -0.4 is 11.1 Å². The molecule has 0 radical (unpaired) electrons. The number of aromatic nitrogens is 2. The van der Waals surface area contributed by atoms with Crippen molar-refractivity contribution in [3.63, 3.8) is 0 Å². The molecule has 0 unspecified atom stereocenters. The first-order valence-electron chi connectivity index (χ1n) is 5.19. The lowest BCUT2D eigenvalue weighted by atomic mass is 10.2. The molecule has 4 nitrogen and oxygen atoms in total. The van der Waals surface area contributed by atoms with Gasteiger partial charge in [-0.3, -0.25) is 0 Å². The van der Waals surface area contributed by atoms with Crippen molar-refractivity contribution in [1.29, 1.82) is 0 Å². The quantitative estimate of drug-likeness (QED) is 0.892. The molecule has 0 spiro atoms. The van der Waals surface area contributed by atoms with Gasteiger partial charge in [0.15, 0.2) is 0 Å². The zero-order chi connectivity index (χ0) is 12.4. The van der Waals surface area contributed by atoms with E-state index in [1.807, 2.05) is 38.1 Å². The van der Waals surface area contributed by atoms with Gasteiger partial charge in [0.25, 0.3) is 0 Å². The van der Waals surface area contributed by atoms with Gasteiger partial charge in [-0.25, -0.2) is 4.98 Å². The Labute approximate surface area is 108 Å². The molecular weight excluding hydrogens is 280 g/mol. The summed E-state index contributed by atoms with van der Waals surface area (Å²) in [5, 5.41) is 3.20. The van der Waals surface area contributed by atoms with Crippen LogP contribution in [0.4, 0.5) is 17.5 Å². The van der Waals surface area contributed by atoms with Crippen molar-refractivity contribution in [2.45, 2.75) is 13.8 Å². The number of nitrogen functional groups attached to an aromatic ring is 1. The average molecular weight is 293 g/mol. The summed E-state index contributed by atoms with van der Waals surface area (Å²) >= 11 is 3.50. The Hall–Kier alpha value is -1.62. The number of benzene rings is 1. The largest absolute Gasteiger partial charge is 0.368 e. The van der Waals surface area contributed by atoms with Gasteiger partial charge in [0.05, 0.1) is 5.69 Å². The zero-order valence-corrected chi connectivity index (χ0v) is 11.2. The van der Waals surface area contributed by atoms with Crippen molar-refractivity contribution in [3.05, 3.63) is 40.0 Å². The Morgan fingerprint density at radius 2 is 1.94 bits per heavy atom. The second-order valence-corrected chi connectivity index (χ2v) is 4.72. The fraction of sp³-hybridized carbons (Fsp3) is 0.167. The monoisotopic (exact) mass is 292 g/mol. The van der Waals surface area contributed by atoms with Gasteiger partial charge in [-0.05, 0) is 47.5 Å². The normalized spacial score (nSPS) is 10.3. The van der Waals surface area contributed by atoms with Crippen LogP contribution in [0.5, 0.6) is 0 Å². The fourth-order valence-corrected chi connectivity index (χ4v) is 2.11. The van der Waals surface area contributed by atoms with Crippen molar-refractivity contribution in [1.82, 2.24) is 9.97 Å². The Bertz CT molecular complexity index is 534. The summed E-state index contributed by atoms with van der Waals surface area (Å²) in [7, 11) is 0. The van der Waals surface area contributed by atoms with E-state index in [-0.39, 0.29) is 5.95 Å². The van der Waals surface area contributed by atoms with Crippen molar-refractivity contribution < 1.29 is 0 Å². The molecule has 17 heavy (non-hydrogen) atoms. The molecule has 1 aromatic heterocycles. The van der Waals surface area contributed by atoms with Gasteiger partial charge >= 0.3 is 0 Å². The second kappa shape index (κ2) is 4.71. The third-order valence-electron chi connectivity index (χ3n) is 2.26. The Morgan fingerprint density at radius 3 is 2.59 bits per heavy atom. The van der Waals surface area contributed by atoms with Crippen molar-refractivity contribution in [3.8, 4) is 0 Å². The first kappa shape index (κ1) is 11.9. The topological polar surface area (TPSA) is 63.8 Å². The molecule has 2 aromatic rings. The van der Waals surface area contributed by atoms with Gasteiger partial charge in [0.2, 0.25) is 5.95 Å². The van der Waals surface area contributed by atoms with Crippen LogP contribution in [0, 0.1) is 13.8 Å². The molecule has 0 aliphatic rings. The highest BCUT2D eigenvalue weighted by Gasteiger charge is 2.03. The van der Waals surface area contributed by atoms with Gasteiger partial charge in [0, 0.05) is 16.2 Å². The van der Waals surface area contributed by atoms with E-state index in [2.05, 4.69) is 31.2 Å². The highest BCUT2D eigenvalue weighted by Crippen LogP contribution is 2.26. The van der Waals surface area contributed by atoms with Crippen molar-refractivity contribution in [2.75, 3.05) is 11.1 Å². The number of hydrogen-bond acceptors (Lipinski definition) is 4. The predicted molar refractivity (Wildman–Crippen MR) is 73.3 cm³/mol. The molecule has 3 N–H and O–H groups in total. The molecule has 2 rings (SSSR count). The average Bonchev–Trinajstić information content (AvgIpc) is 2.21. The molecule has 1 heterocycles. The summed E-state index contributed by atoms with van der Waals surface area (Å²) in [6.07, 6.45) is 0. The molecular formula is C12H13BrN4. The molecule has 1 aromatic carbocycles. The molecule has 0 saturated heterocycles. The maximum absolute atomic E-state index is 5.60. The summed E-state index contributed by atoms with van der Waals surface area (Å²) in [5.41, 5.74) is 8.58. The molecule has 0 atom stereocenters. The van der Waals surface area contributed by atoms with Crippen LogP contribution in [0.1, 0.15) is 11.3 Å². The SMILES string of the molecule is Cc1ccc(Nc2cc(C)nc(N)n2)c(Br)c1. The van der Waals surface area contributed by atoms with Crippen LogP contribution in [0.2, 0.25) is 0 Å². The minimum absolute atomic E-state index is 0.274. The highest BCUT2D eigenvalue weighted by molar-refractivity contribution is 9.10. The maximum atomic E-state index is 5.60. The number of nitrogens with one attached hydrogen (secondary N) is 1. The minimum Gasteiger partial charge on any atom is -0.368 e. The summed E-state index contributed by atoms with van der Waals surface area (Å²) in [5.74, 6) is 0.968. The van der Waals surface area contributed by atoms with Crippen LogP contribution >= 0.6 is 15.9 Å². The third-order valence-corrected chi connectivity index (χ3v) is 2.91. The van der Waals surface area contributed by atoms with Gasteiger partial charge in [-0.1, -0.05) is 6.07 Å². The minimum atomic E-state index is 0.274. The number of nitrogens with zero attached hydrogens (tertiary/aromatic N) is 2. The smallest absolute Gasteiger partial charge is 0.222 e. The van der Waals surface area contributed by atoms with Crippen molar-refractivity contribution in [2.24, 2.45) is 0 Å². The lowest BCUT2D eigenvalue weighted by Crippen LogP contribution is -2.01. The van der Waals surface area contributed by atoms with Crippen LogP contribution in [0.25, 0.3) is 0 Å². The third kappa shape index (κ3) is 2.94. The Kier molecular flexibility index (Phi) is 3.28. The molecule has 0 aliphatic heterocycles. The first-order valence-corrected chi connectivity index (χ1v) is 5.98. The van der Waals surface area contributed by atoms with Gasteiger partial charge in [-0.2, -0.15) is 4.98 Å². The van der Waals surface area contributed by atoms with E-state index < -0.39 is 0 Å². The summed E-state index contributed by atoms with van der Waals surface area (Å²) < 4.78 is 0.993. The standard InChI is InChI=1S/C12H13BrN4/c1-7-3-4-10(9(13)5-7)16-11-6-8(2)15-12(14)17-11/h3-6H,1-2H3,(H3,14,15,16,17). The number of aryl methyl sites for hydroxylation is 2. The number of anilines is 3. The van der Waals surface area contributed by atoms with E-state index in [0.29, 0.717) is 5.82 Å². The van der Waals surface area contributed by atoms with E-state index in [1.54, 1.807) is 0 Å². The molecule has 0 aliphatic carbocycles. The Morgan fingerprint density at radius 1 is 1.18 bits per heavy atom. The molecule has 0 saturated carbocycles. The van der Waals surface area contributed by atoms with Gasteiger partial charge in [-0.15, -0.1) is 0 Å². The lowest BCUT2D eigenvalue weighted by molar-refractivity contribution is 1.12. The van der Waals surface area contributed by atoms with E-state index in [9.17, 15) is 0 Å². The maximum Gasteiger partial charge on any atom is 0.222 e. The highest BCUT2D eigenvalue weighted by atomic mass is 79.9. The molecule has 0 fully saturated rings. The summed E-state index contributed by atoms with van der Waals surface area (Å²) in [6, 6.07) is 7.92. The van der Waals surface area contributed by atoms with Crippen LogP contribution in [0.15, 0.2) is 28.7 Å². The van der Waals surface area contributed by atoms with Gasteiger partial charge < -0.3 is 11.1 Å². The zero-order valence-electron chi connectivity index (χ0n) is 9.66. The molecule has 88 valence electrons. The molecule has 5 heteroatoms. The number of rotatable bonds is 2. The van der Waals surface area contributed by atoms with Crippen molar-refractivity contribution >= 4 is 33.4 Å². The predicted octanol–water partition coefficient (Wildman–Crippen LogP) is 3.18. The van der Waals surface area contributed by atoms with Gasteiger partial charge in [0.1, 0.15) is 5.82 Å². The number of hydrogen-bond donors (Lipinski definition) is 2. The lowest BCUT2D eigenvalue weighted by Gasteiger charge is -2.09. The van der Waals surface area contributed by atoms with Crippen LogP contribution in [-0.4, -0.2) is 9.97 Å². The first-order chi connectivity index (χ1) is 8.04.